The molecule has 3 aromatic rings. The molecular weight excluding hydrogens is 424 g/mol. The predicted molar refractivity (Wildman–Crippen MR) is 100 cm³/mol. The Morgan fingerprint density at radius 3 is 2.19 bits per heavy atom. The number of phenolic OH excluding ortho intramolecular Hbond substituents is 3. The smallest absolute Gasteiger partial charge is 0.239 e. The summed E-state index contributed by atoms with van der Waals surface area (Å²) in [5.74, 6) is -1.52. The van der Waals surface area contributed by atoms with Gasteiger partial charge in [-0.25, -0.2) is 0 Å². The van der Waals surface area contributed by atoms with Crippen molar-refractivity contribution in [1.82, 2.24) is 0 Å². The highest BCUT2D eigenvalue weighted by molar-refractivity contribution is 9.10. The molecule has 1 aromatic heterocycles. The molecule has 142 valence electrons. The summed E-state index contributed by atoms with van der Waals surface area (Å²) >= 11 is 3.21. The van der Waals surface area contributed by atoms with Gasteiger partial charge in [-0.1, -0.05) is 0 Å². The van der Waals surface area contributed by atoms with Crippen LogP contribution in [-0.2, 0) is 0 Å². The van der Waals surface area contributed by atoms with E-state index in [1.54, 1.807) is 6.07 Å². The maximum atomic E-state index is 12.9. The average Bonchev–Trinajstić information content (AvgIpc) is 2.66. The molecule has 2 aromatic carbocycles. The van der Waals surface area contributed by atoms with Crippen LogP contribution in [0.15, 0.2) is 31.9 Å². The summed E-state index contributed by atoms with van der Waals surface area (Å²) in [6.07, 6.45) is 0. The van der Waals surface area contributed by atoms with Crippen molar-refractivity contribution >= 4 is 26.9 Å². The lowest BCUT2D eigenvalue weighted by atomic mass is 10.1. The number of aromatic hydroxyl groups is 3. The number of rotatable bonds is 4. The third kappa shape index (κ3) is 2.80. The minimum absolute atomic E-state index is 0.0146. The van der Waals surface area contributed by atoms with Gasteiger partial charge in [0.05, 0.1) is 21.3 Å². The lowest BCUT2D eigenvalue weighted by molar-refractivity contribution is 0.349. The van der Waals surface area contributed by atoms with E-state index in [4.69, 9.17) is 18.6 Å². The van der Waals surface area contributed by atoms with Crippen LogP contribution in [0.3, 0.4) is 0 Å². The highest BCUT2D eigenvalue weighted by atomic mass is 79.9. The topological polar surface area (TPSA) is 119 Å². The third-order valence-corrected chi connectivity index (χ3v) is 4.72. The lowest BCUT2D eigenvalue weighted by Crippen LogP contribution is -2.08. The van der Waals surface area contributed by atoms with E-state index in [1.165, 1.54) is 33.5 Å². The van der Waals surface area contributed by atoms with Gasteiger partial charge in [-0.2, -0.15) is 0 Å². The second-order valence-corrected chi connectivity index (χ2v) is 6.22. The van der Waals surface area contributed by atoms with Gasteiger partial charge in [0.15, 0.2) is 34.3 Å². The molecule has 0 saturated heterocycles. The van der Waals surface area contributed by atoms with Crippen LogP contribution in [0.2, 0.25) is 0 Å². The van der Waals surface area contributed by atoms with Crippen molar-refractivity contribution in [3.8, 4) is 45.8 Å². The molecule has 0 aliphatic heterocycles. The number of phenols is 3. The maximum Gasteiger partial charge on any atom is 0.239 e. The Morgan fingerprint density at radius 2 is 1.63 bits per heavy atom. The standard InChI is InChI=1S/C18H15BrO8/c1-24-9-5-4-7(6-8(9)20)15-18(26-3)13(22)10-12(21)14(23)17(25-2)11(19)16(10)27-15/h4-6,20-21,23H,1-3H3. The van der Waals surface area contributed by atoms with Gasteiger partial charge in [-0.15, -0.1) is 0 Å². The molecule has 0 bridgehead atoms. The van der Waals surface area contributed by atoms with Crippen molar-refractivity contribution in [1.29, 1.82) is 0 Å². The zero-order chi connectivity index (χ0) is 19.9. The number of benzene rings is 2. The Hall–Kier alpha value is -3.07. The van der Waals surface area contributed by atoms with Crippen LogP contribution in [0, 0.1) is 0 Å². The molecule has 0 saturated carbocycles. The average molecular weight is 439 g/mol. The van der Waals surface area contributed by atoms with Crippen molar-refractivity contribution < 1.29 is 33.9 Å². The monoisotopic (exact) mass is 438 g/mol. The van der Waals surface area contributed by atoms with Gasteiger partial charge in [0, 0.05) is 5.56 Å². The quantitative estimate of drug-likeness (QED) is 0.530. The van der Waals surface area contributed by atoms with Gasteiger partial charge in [0.1, 0.15) is 9.86 Å². The van der Waals surface area contributed by atoms with Crippen LogP contribution >= 0.6 is 15.9 Å². The molecule has 0 fully saturated rings. The fraction of sp³-hybridized carbons (Fsp3) is 0.167. The number of halogens is 1. The highest BCUT2D eigenvalue weighted by Crippen LogP contribution is 2.48. The molecule has 0 atom stereocenters. The molecule has 0 aliphatic carbocycles. The molecule has 0 radical (unpaired) electrons. The van der Waals surface area contributed by atoms with Crippen molar-refractivity contribution in [3.05, 3.63) is 32.9 Å². The Balaban J connectivity index is 2.44. The number of ether oxygens (including phenoxy) is 3. The molecule has 8 nitrogen and oxygen atoms in total. The maximum absolute atomic E-state index is 12.9. The number of fused-ring (bicyclic) bond motifs is 1. The predicted octanol–water partition coefficient (Wildman–Crippen LogP) is 3.37. The van der Waals surface area contributed by atoms with Crippen molar-refractivity contribution in [2.45, 2.75) is 0 Å². The summed E-state index contributed by atoms with van der Waals surface area (Å²) in [7, 11) is 3.96. The lowest BCUT2D eigenvalue weighted by Gasteiger charge is -2.14. The zero-order valence-corrected chi connectivity index (χ0v) is 16.1. The van der Waals surface area contributed by atoms with E-state index in [2.05, 4.69) is 15.9 Å². The van der Waals surface area contributed by atoms with Gasteiger partial charge in [-0.3, -0.25) is 4.79 Å². The molecule has 1 heterocycles. The minimum atomic E-state index is -0.708. The van der Waals surface area contributed by atoms with Crippen molar-refractivity contribution in [2.24, 2.45) is 0 Å². The van der Waals surface area contributed by atoms with Crippen molar-refractivity contribution in [3.63, 3.8) is 0 Å². The second-order valence-electron chi connectivity index (χ2n) is 5.43. The SMILES string of the molecule is COc1ccc(-c2oc3c(Br)c(OC)c(O)c(O)c3c(=O)c2OC)cc1O. The van der Waals surface area contributed by atoms with Gasteiger partial charge in [-0.05, 0) is 34.1 Å². The largest absolute Gasteiger partial charge is 0.504 e. The Kier molecular flexibility index (Phi) is 4.79. The van der Waals surface area contributed by atoms with E-state index in [-0.39, 0.29) is 44.2 Å². The first-order valence-electron chi connectivity index (χ1n) is 7.55. The fourth-order valence-corrected chi connectivity index (χ4v) is 3.34. The van der Waals surface area contributed by atoms with Crippen molar-refractivity contribution in [2.75, 3.05) is 21.3 Å². The van der Waals surface area contributed by atoms with E-state index < -0.39 is 16.9 Å². The van der Waals surface area contributed by atoms with Gasteiger partial charge in [0.25, 0.3) is 0 Å². The van der Waals surface area contributed by atoms with Crippen LogP contribution in [0.5, 0.6) is 34.5 Å². The van der Waals surface area contributed by atoms with Crippen LogP contribution in [0.25, 0.3) is 22.3 Å². The van der Waals surface area contributed by atoms with E-state index in [0.717, 1.165) is 0 Å². The first kappa shape index (κ1) is 18.7. The molecule has 0 amide bonds. The van der Waals surface area contributed by atoms with Crippen LogP contribution in [-0.4, -0.2) is 36.6 Å². The fourth-order valence-electron chi connectivity index (χ4n) is 2.71. The number of methoxy groups -OCH3 is 3. The molecule has 0 aliphatic rings. The molecule has 0 spiro atoms. The van der Waals surface area contributed by atoms with Gasteiger partial charge < -0.3 is 33.9 Å². The Morgan fingerprint density at radius 1 is 0.963 bits per heavy atom. The summed E-state index contributed by atoms with van der Waals surface area (Å²) in [6, 6.07) is 4.41. The molecule has 9 heteroatoms. The second kappa shape index (κ2) is 6.92. The van der Waals surface area contributed by atoms with Crippen LogP contribution in [0.1, 0.15) is 0 Å². The summed E-state index contributed by atoms with van der Waals surface area (Å²) in [4.78, 5) is 12.9. The minimum Gasteiger partial charge on any atom is -0.504 e. The first-order valence-corrected chi connectivity index (χ1v) is 8.34. The van der Waals surface area contributed by atoms with Gasteiger partial charge >= 0.3 is 0 Å². The summed E-state index contributed by atoms with van der Waals surface area (Å²) < 4.78 is 21.2. The van der Waals surface area contributed by atoms with E-state index in [9.17, 15) is 20.1 Å². The molecular formula is C18H15BrO8. The summed E-state index contributed by atoms with van der Waals surface area (Å²) in [6.45, 7) is 0. The molecule has 0 unspecified atom stereocenters. The highest BCUT2D eigenvalue weighted by Gasteiger charge is 2.27. The molecule has 3 rings (SSSR count). The summed E-state index contributed by atoms with van der Waals surface area (Å²) in [5, 5.41) is 30.1. The normalized spacial score (nSPS) is 10.8. The summed E-state index contributed by atoms with van der Waals surface area (Å²) in [5.41, 5.74) is -0.430. The Bertz CT molecular complexity index is 1100. The zero-order valence-electron chi connectivity index (χ0n) is 14.5. The third-order valence-electron chi connectivity index (χ3n) is 3.99. The Labute approximate surface area is 161 Å². The van der Waals surface area contributed by atoms with E-state index in [1.807, 2.05) is 0 Å². The van der Waals surface area contributed by atoms with E-state index in [0.29, 0.717) is 5.56 Å². The van der Waals surface area contributed by atoms with Crippen LogP contribution in [0.4, 0.5) is 0 Å². The van der Waals surface area contributed by atoms with Gasteiger partial charge in [0.2, 0.25) is 16.9 Å². The van der Waals surface area contributed by atoms with Crippen LogP contribution < -0.4 is 19.6 Å². The molecule has 3 N–H and O–H groups in total. The number of hydrogen-bond acceptors (Lipinski definition) is 8. The molecule has 27 heavy (non-hydrogen) atoms. The van der Waals surface area contributed by atoms with E-state index >= 15 is 0 Å². The first-order chi connectivity index (χ1) is 12.8. The number of hydrogen-bond donors (Lipinski definition) is 3.